The largest absolute Gasteiger partial charge is 0.363 e. The van der Waals surface area contributed by atoms with E-state index in [0.717, 1.165) is 30.3 Å². The van der Waals surface area contributed by atoms with E-state index in [2.05, 4.69) is 26.7 Å². The smallest absolute Gasteiger partial charge is 0.276 e. The molecule has 2 fully saturated rings. The Labute approximate surface area is 271 Å². The minimum absolute atomic E-state index is 0.0794. The van der Waals surface area contributed by atoms with E-state index in [9.17, 15) is 14.9 Å². The quantitative estimate of drug-likeness (QED) is 0.156. The van der Waals surface area contributed by atoms with Crippen LogP contribution in [0.25, 0.3) is 11.0 Å². The molecule has 0 amide bonds. The zero-order valence-electron chi connectivity index (χ0n) is 26.2. The average Bonchev–Trinajstić information content (AvgIpc) is 3.06. The second-order valence-corrected chi connectivity index (χ2v) is 13.7. The first kappa shape index (κ1) is 33.9. The van der Waals surface area contributed by atoms with Crippen LogP contribution >= 0.6 is 11.8 Å². The molecule has 8 nitrogen and oxygen atoms in total. The highest BCUT2D eigenvalue weighted by Gasteiger charge is 2.39. The van der Waals surface area contributed by atoms with Gasteiger partial charge in [-0.2, -0.15) is 17.0 Å². The third kappa shape index (κ3) is 7.26. The number of hydrogen-bond acceptors (Lipinski definition) is 8. The lowest BCUT2D eigenvalue weighted by molar-refractivity contribution is -0.107. The minimum Gasteiger partial charge on any atom is -0.363 e. The van der Waals surface area contributed by atoms with Crippen LogP contribution in [0.1, 0.15) is 87.4 Å². The molecular formula is C34H41F3N6O2S. The molecule has 0 radical (unpaired) electrons. The van der Waals surface area contributed by atoms with Crippen molar-refractivity contribution >= 4 is 34.9 Å². The van der Waals surface area contributed by atoms with E-state index in [1.54, 1.807) is 29.3 Å². The molecule has 0 bridgehead atoms. The zero-order chi connectivity index (χ0) is 32.7. The molecule has 0 saturated carbocycles. The summed E-state index contributed by atoms with van der Waals surface area (Å²) in [6.45, 7) is 3.38. The third-order valence-electron chi connectivity index (χ3n) is 9.41. The van der Waals surface area contributed by atoms with Gasteiger partial charge in [0.25, 0.3) is 11.5 Å². The standard InChI is InChI=1S/C34H41F3N6O2S/c1-23(25-7-6-8-27(29(25)35)34(36,37)20-24-9-13-39-14-10-24)42-30-26-19-28(33(21-38)11-17-46-18-12-33)32(45)43(31(26)41-22-40-30)15-4-2-3-5-16-44/h6-8,16,19,22-24,39H,2-5,9-15,17-18,20H2,1H3,(H,40,41,42)/t23-/m1/s1. The number of carbonyl (C=O) groups excluding carboxylic acids is 1. The van der Waals surface area contributed by atoms with E-state index in [0.29, 0.717) is 87.0 Å². The molecule has 4 heterocycles. The number of nitriles is 1. The number of nitrogens with one attached hydrogen (secondary N) is 2. The fourth-order valence-corrected chi connectivity index (χ4v) is 7.88. The lowest BCUT2D eigenvalue weighted by Gasteiger charge is -2.31. The zero-order valence-corrected chi connectivity index (χ0v) is 27.0. The summed E-state index contributed by atoms with van der Waals surface area (Å²) in [5.41, 5.74) is -1.02. The molecule has 5 rings (SSSR count). The van der Waals surface area contributed by atoms with Crippen LogP contribution in [0.2, 0.25) is 0 Å². The van der Waals surface area contributed by atoms with Crippen molar-refractivity contribution in [1.82, 2.24) is 19.9 Å². The minimum atomic E-state index is -3.32. The molecule has 3 aromatic rings. The summed E-state index contributed by atoms with van der Waals surface area (Å²) >= 11 is 1.75. The van der Waals surface area contributed by atoms with Crippen LogP contribution < -0.4 is 16.2 Å². The van der Waals surface area contributed by atoms with Crippen molar-refractivity contribution < 1.29 is 18.0 Å². The Morgan fingerprint density at radius 2 is 1.98 bits per heavy atom. The lowest BCUT2D eigenvalue weighted by Crippen LogP contribution is -2.38. The normalized spacial score (nSPS) is 17.8. The average molecular weight is 655 g/mol. The van der Waals surface area contributed by atoms with Gasteiger partial charge in [-0.3, -0.25) is 9.36 Å². The summed E-state index contributed by atoms with van der Waals surface area (Å²) in [6.07, 6.45) is 6.64. The molecule has 2 aliphatic rings. The maximum absolute atomic E-state index is 15.9. The van der Waals surface area contributed by atoms with Crippen molar-refractivity contribution in [2.45, 2.75) is 88.6 Å². The van der Waals surface area contributed by atoms with Crippen molar-refractivity contribution in [1.29, 1.82) is 5.26 Å². The number of unbranched alkanes of at least 4 members (excludes halogenated alkanes) is 3. The number of benzene rings is 1. The maximum Gasteiger partial charge on any atom is 0.276 e. The van der Waals surface area contributed by atoms with Crippen LogP contribution in [0, 0.1) is 23.1 Å². The summed E-state index contributed by atoms with van der Waals surface area (Å²) in [6, 6.07) is 7.49. The van der Waals surface area contributed by atoms with Crippen LogP contribution in [-0.4, -0.2) is 45.4 Å². The predicted octanol–water partition coefficient (Wildman–Crippen LogP) is 6.63. The first-order valence-electron chi connectivity index (χ1n) is 16.2. The van der Waals surface area contributed by atoms with Gasteiger partial charge in [-0.15, -0.1) is 0 Å². The number of rotatable bonds is 13. The van der Waals surface area contributed by atoms with E-state index in [4.69, 9.17) is 0 Å². The monoisotopic (exact) mass is 654 g/mol. The Morgan fingerprint density at radius 1 is 1.22 bits per heavy atom. The van der Waals surface area contributed by atoms with Crippen molar-refractivity contribution in [2.24, 2.45) is 5.92 Å². The number of aryl methyl sites for hydroxylation is 1. The van der Waals surface area contributed by atoms with E-state index in [-0.39, 0.29) is 17.0 Å². The van der Waals surface area contributed by atoms with Gasteiger partial charge in [0, 0.05) is 30.5 Å². The molecule has 2 saturated heterocycles. The SMILES string of the molecule is C[C@@H](Nc1ncnc2c1cc(C1(C#N)CCSCC1)c(=O)n2CCCCCC=O)c1cccc(C(F)(F)CC2CCNCC2)c1F. The number of aldehydes is 1. The molecule has 2 aromatic heterocycles. The Hall–Kier alpha value is -3.43. The molecule has 46 heavy (non-hydrogen) atoms. The summed E-state index contributed by atoms with van der Waals surface area (Å²) in [5, 5.41) is 17.2. The van der Waals surface area contributed by atoms with E-state index >= 15 is 13.2 Å². The number of anilines is 1. The van der Waals surface area contributed by atoms with Crippen LogP contribution in [0.3, 0.4) is 0 Å². The molecule has 0 unspecified atom stereocenters. The highest BCUT2D eigenvalue weighted by Crippen LogP contribution is 2.41. The number of alkyl halides is 2. The highest BCUT2D eigenvalue weighted by molar-refractivity contribution is 7.99. The topological polar surface area (TPSA) is 113 Å². The molecule has 1 aromatic carbocycles. The molecule has 1 atom stereocenters. The molecule has 0 aliphatic carbocycles. The summed E-state index contributed by atoms with van der Waals surface area (Å²) in [4.78, 5) is 33.6. The number of hydrogen-bond donors (Lipinski definition) is 2. The number of piperidine rings is 1. The molecule has 2 N–H and O–H groups in total. The second-order valence-electron chi connectivity index (χ2n) is 12.5. The molecule has 2 aliphatic heterocycles. The predicted molar refractivity (Wildman–Crippen MR) is 175 cm³/mol. The summed E-state index contributed by atoms with van der Waals surface area (Å²) in [7, 11) is 0. The number of aromatic nitrogens is 3. The van der Waals surface area contributed by atoms with Gasteiger partial charge >= 0.3 is 0 Å². The van der Waals surface area contributed by atoms with Crippen LogP contribution in [0.15, 0.2) is 35.4 Å². The van der Waals surface area contributed by atoms with Gasteiger partial charge in [0.2, 0.25) is 0 Å². The molecule has 12 heteroatoms. The Morgan fingerprint density at radius 3 is 2.70 bits per heavy atom. The van der Waals surface area contributed by atoms with Crippen LogP contribution in [-0.2, 0) is 22.7 Å². The Kier molecular flexibility index (Phi) is 11.1. The van der Waals surface area contributed by atoms with Gasteiger partial charge in [-0.05, 0) is 82.0 Å². The van der Waals surface area contributed by atoms with E-state index in [1.807, 2.05) is 0 Å². The van der Waals surface area contributed by atoms with Crippen LogP contribution in [0.4, 0.5) is 19.0 Å². The van der Waals surface area contributed by atoms with Gasteiger partial charge in [-0.25, -0.2) is 23.1 Å². The molecular weight excluding hydrogens is 613 g/mol. The van der Waals surface area contributed by atoms with Gasteiger partial charge in [0.15, 0.2) is 0 Å². The van der Waals surface area contributed by atoms with Gasteiger partial charge in [0.1, 0.15) is 29.9 Å². The highest BCUT2D eigenvalue weighted by atomic mass is 32.2. The van der Waals surface area contributed by atoms with Gasteiger partial charge in [-0.1, -0.05) is 24.6 Å². The Bertz CT molecular complexity index is 1630. The lowest BCUT2D eigenvalue weighted by atomic mass is 9.77. The number of nitrogens with zero attached hydrogens (tertiary/aromatic N) is 4. The second kappa shape index (κ2) is 15.0. The van der Waals surface area contributed by atoms with Crippen LogP contribution in [0.5, 0.6) is 0 Å². The van der Waals surface area contributed by atoms with Crippen molar-refractivity contribution in [2.75, 3.05) is 29.9 Å². The fraction of sp³-hybridized carbons (Fsp3) is 0.559. The first-order valence-corrected chi connectivity index (χ1v) is 17.3. The summed E-state index contributed by atoms with van der Waals surface area (Å²) < 4.78 is 48.3. The molecule has 0 spiro atoms. The van der Waals surface area contributed by atoms with E-state index < -0.39 is 35.2 Å². The number of carbonyl (C=O) groups is 1. The van der Waals surface area contributed by atoms with Gasteiger partial charge in [0.05, 0.1) is 28.5 Å². The fourth-order valence-electron chi connectivity index (χ4n) is 6.69. The maximum atomic E-state index is 15.9. The van der Waals surface area contributed by atoms with Crippen molar-refractivity contribution in [3.63, 3.8) is 0 Å². The third-order valence-corrected chi connectivity index (χ3v) is 10.4. The first-order chi connectivity index (χ1) is 22.2. The van der Waals surface area contributed by atoms with Gasteiger partial charge < -0.3 is 15.4 Å². The number of thioether (sulfide) groups is 1. The number of halogens is 3. The summed E-state index contributed by atoms with van der Waals surface area (Å²) in [5.74, 6) is -2.62. The number of fused-ring (bicyclic) bond motifs is 1. The molecule has 246 valence electrons. The Balaban J connectivity index is 1.51. The van der Waals surface area contributed by atoms with Crippen molar-refractivity contribution in [3.8, 4) is 6.07 Å². The van der Waals surface area contributed by atoms with Crippen molar-refractivity contribution in [3.05, 3.63) is 63.5 Å². The number of pyridine rings is 1. The van der Waals surface area contributed by atoms with E-state index in [1.165, 1.54) is 18.5 Å².